The lowest BCUT2D eigenvalue weighted by molar-refractivity contribution is -0.110. The second-order valence-corrected chi connectivity index (χ2v) is 6.09. The smallest absolute Gasteiger partial charge is 0.256 e. The lowest BCUT2D eigenvalue weighted by Crippen LogP contribution is -2.08. The number of anilines is 2. The van der Waals surface area contributed by atoms with Crippen molar-refractivity contribution in [2.45, 2.75) is 12.8 Å². The number of fused-ring (bicyclic) bond motifs is 2. The van der Waals surface area contributed by atoms with Gasteiger partial charge in [0.25, 0.3) is 5.91 Å². The van der Waals surface area contributed by atoms with Gasteiger partial charge in [-0.05, 0) is 47.7 Å². The molecule has 0 saturated heterocycles. The van der Waals surface area contributed by atoms with E-state index in [1.54, 1.807) is 0 Å². The molecule has 0 unspecified atom stereocenters. The first-order valence-electron chi connectivity index (χ1n) is 7.59. The number of carbonyl (C=O) groups is 1. The van der Waals surface area contributed by atoms with E-state index in [-0.39, 0.29) is 5.91 Å². The van der Waals surface area contributed by atoms with Crippen molar-refractivity contribution in [3.8, 4) is 0 Å². The van der Waals surface area contributed by atoms with Gasteiger partial charge in [-0.15, -0.1) is 0 Å². The molecule has 3 nitrogen and oxygen atoms in total. The molecule has 2 aliphatic rings. The molecule has 1 heterocycles. The molecule has 4 rings (SSSR count). The minimum atomic E-state index is 0.0285. The van der Waals surface area contributed by atoms with Gasteiger partial charge in [0.15, 0.2) is 0 Å². The maximum absolute atomic E-state index is 12.4. The van der Waals surface area contributed by atoms with Crippen LogP contribution in [0.5, 0.6) is 0 Å². The van der Waals surface area contributed by atoms with Crippen LogP contribution >= 0.6 is 0 Å². The van der Waals surface area contributed by atoms with Gasteiger partial charge in [-0.2, -0.15) is 0 Å². The quantitative estimate of drug-likeness (QED) is 0.814. The number of hydrogen-bond donors (Lipinski definition) is 1. The van der Waals surface area contributed by atoms with Crippen LogP contribution in [0.15, 0.2) is 42.5 Å². The number of benzene rings is 2. The number of nitrogens with one attached hydrogen (secondary N) is 1. The zero-order valence-corrected chi connectivity index (χ0v) is 12.8. The van der Waals surface area contributed by atoms with Crippen LogP contribution in [-0.2, 0) is 11.2 Å². The first kappa shape index (κ1) is 13.1. The van der Waals surface area contributed by atoms with Crippen molar-refractivity contribution in [2.75, 3.05) is 24.3 Å². The highest BCUT2D eigenvalue weighted by Crippen LogP contribution is 2.43. The Labute approximate surface area is 130 Å². The summed E-state index contributed by atoms with van der Waals surface area (Å²) in [5.41, 5.74) is 7.77. The van der Waals surface area contributed by atoms with Gasteiger partial charge in [-0.3, -0.25) is 4.79 Å². The molecule has 3 heteroatoms. The van der Waals surface area contributed by atoms with E-state index >= 15 is 0 Å². The summed E-state index contributed by atoms with van der Waals surface area (Å²) in [5.74, 6) is 0.0285. The molecule has 0 atom stereocenters. The second kappa shape index (κ2) is 4.73. The molecule has 1 aliphatic carbocycles. The zero-order chi connectivity index (χ0) is 15.3. The number of hydrogen-bond acceptors (Lipinski definition) is 2. The molecule has 1 N–H and O–H groups in total. The highest BCUT2D eigenvalue weighted by molar-refractivity contribution is 6.37. The van der Waals surface area contributed by atoms with Gasteiger partial charge in [-0.25, -0.2) is 0 Å². The molecule has 110 valence electrons. The standard InChI is InChI=1S/C19H18N2O/c1-21(2)13-8-10-14-12(11-13)7-9-15(14)18-16-5-3-4-6-17(16)20-19(18)22/h3-6,8,10-11H,7,9H2,1-2H3,(H,20,22)/b18-15-. The maximum Gasteiger partial charge on any atom is 0.256 e. The van der Waals surface area contributed by atoms with Gasteiger partial charge < -0.3 is 10.2 Å². The fourth-order valence-electron chi connectivity index (χ4n) is 3.43. The van der Waals surface area contributed by atoms with Gasteiger partial charge in [0.1, 0.15) is 0 Å². The predicted octanol–water partition coefficient (Wildman–Crippen LogP) is 3.56. The average molecular weight is 290 g/mol. The SMILES string of the molecule is CN(C)c1ccc2c(c1)CC/C2=C1/C(=O)Nc2ccccc21. The van der Waals surface area contributed by atoms with E-state index < -0.39 is 0 Å². The Morgan fingerprint density at radius 3 is 2.64 bits per heavy atom. The van der Waals surface area contributed by atoms with E-state index in [2.05, 4.69) is 42.5 Å². The Morgan fingerprint density at radius 2 is 1.82 bits per heavy atom. The Balaban J connectivity index is 1.88. The van der Waals surface area contributed by atoms with E-state index in [4.69, 9.17) is 0 Å². The monoisotopic (exact) mass is 290 g/mol. The van der Waals surface area contributed by atoms with Crippen LogP contribution < -0.4 is 10.2 Å². The Bertz CT molecular complexity index is 818. The second-order valence-electron chi connectivity index (χ2n) is 6.09. The van der Waals surface area contributed by atoms with Gasteiger partial charge >= 0.3 is 0 Å². The number of rotatable bonds is 1. The van der Waals surface area contributed by atoms with Gasteiger partial charge in [0, 0.05) is 31.0 Å². The minimum absolute atomic E-state index is 0.0285. The van der Waals surface area contributed by atoms with Crippen molar-refractivity contribution in [3.05, 3.63) is 59.2 Å². The first-order chi connectivity index (χ1) is 10.6. The molecule has 0 spiro atoms. The molecule has 2 aromatic carbocycles. The molecule has 0 fully saturated rings. The summed E-state index contributed by atoms with van der Waals surface area (Å²) >= 11 is 0. The van der Waals surface area contributed by atoms with E-state index in [0.717, 1.165) is 29.7 Å². The average Bonchev–Trinajstić information content (AvgIpc) is 3.06. The highest BCUT2D eigenvalue weighted by atomic mass is 16.2. The van der Waals surface area contributed by atoms with E-state index in [1.165, 1.54) is 22.4 Å². The van der Waals surface area contributed by atoms with Gasteiger partial charge in [0.2, 0.25) is 0 Å². The molecule has 2 aromatic rings. The molecule has 0 saturated carbocycles. The number of amides is 1. The molecule has 0 bridgehead atoms. The summed E-state index contributed by atoms with van der Waals surface area (Å²) in [7, 11) is 4.10. The fourth-order valence-corrected chi connectivity index (χ4v) is 3.43. The van der Waals surface area contributed by atoms with Crippen molar-refractivity contribution in [2.24, 2.45) is 0 Å². The maximum atomic E-state index is 12.4. The Kier molecular flexibility index (Phi) is 2.83. The topological polar surface area (TPSA) is 32.3 Å². The van der Waals surface area contributed by atoms with Crippen LogP contribution in [0.25, 0.3) is 11.1 Å². The zero-order valence-electron chi connectivity index (χ0n) is 12.8. The number of carbonyl (C=O) groups excluding carboxylic acids is 1. The lowest BCUT2D eigenvalue weighted by Gasteiger charge is -2.14. The molecular weight excluding hydrogens is 272 g/mol. The van der Waals surface area contributed by atoms with E-state index in [1.807, 2.05) is 24.3 Å². The van der Waals surface area contributed by atoms with Crippen LogP contribution in [0.2, 0.25) is 0 Å². The summed E-state index contributed by atoms with van der Waals surface area (Å²) in [5, 5.41) is 2.98. The summed E-state index contributed by atoms with van der Waals surface area (Å²) < 4.78 is 0. The normalized spacial score (nSPS) is 18.9. The predicted molar refractivity (Wildman–Crippen MR) is 91.0 cm³/mol. The number of aryl methyl sites for hydroxylation is 1. The molecule has 1 aliphatic heterocycles. The van der Waals surface area contributed by atoms with Crippen LogP contribution in [0.3, 0.4) is 0 Å². The van der Waals surface area contributed by atoms with Gasteiger partial charge in [0.05, 0.1) is 5.57 Å². The lowest BCUT2D eigenvalue weighted by atomic mass is 9.96. The first-order valence-corrected chi connectivity index (χ1v) is 7.59. The van der Waals surface area contributed by atoms with Crippen molar-refractivity contribution in [3.63, 3.8) is 0 Å². The van der Waals surface area contributed by atoms with Crippen LogP contribution in [0, 0.1) is 0 Å². The van der Waals surface area contributed by atoms with Crippen molar-refractivity contribution in [1.29, 1.82) is 0 Å². The van der Waals surface area contributed by atoms with Crippen LogP contribution in [-0.4, -0.2) is 20.0 Å². The van der Waals surface area contributed by atoms with E-state index in [9.17, 15) is 4.79 Å². The molecule has 22 heavy (non-hydrogen) atoms. The molecule has 0 aromatic heterocycles. The summed E-state index contributed by atoms with van der Waals surface area (Å²) in [4.78, 5) is 14.5. The molecule has 0 radical (unpaired) electrons. The Hall–Kier alpha value is -2.55. The number of nitrogens with zero attached hydrogens (tertiary/aromatic N) is 1. The molecular formula is C19H18N2O. The third kappa shape index (κ3) is 1.86. The van der Waals surface area contributed by atoms with Crippen LogP contribution in [0.1, 0.15) is 23.1 Å². The number of allylic oxidation sites excluding steroid dienone is 1. The van der Waals surface area contributed by atoms with Crippen LogP contribution in [0.4, 0.5) is 11.4 Å². The minimum Gasteiger partial charge on any atom is -0.378 e. The third-order valence-electron chi connectivity index (χ3n) is 4.55. The van der Waals surface area contributed by atoms with Crippen molar-refractivity contribution in [1.82, 2.24) is 0 Å². The summed E-state index contributed by atoms with van der Waals surface area (Å²) in [6.45, 7) is 0. The molecule has 1 amide bonds. The largest absolute Gasteiger partial charge is 0.378 e. The van der Waals surface area contributed by atoms with Crippen molar-refractivity contribution < 1.29 is 4.79 Å². The third-order valence-corrected chi connectivity index (χ3v) is 4.55. The van der Waals surface area contributed by atoms with Crippen molar-refractivity contribution >= 4 is 28.4 Å². The van der Waals surface area contributed by atoms with E-state index in [0.29, 0.717) is 0 Å². The van der Waals surface area contributed by atoms with Gasteiger partial charge in [-0.1, -0.05) is 24.3 Å². The fraction of sp³-hybridized carbons (Fsp3) is 0.211. The summed E-state index contributed by atoms with van der Waals surface area (Å²) in [6, 6.07) is 14.5. The number of para-hydroxylation sites is 1. The Morgan fingerprint density at radius 1 is 1.00 bits per heavy atom. The summed E-state index contributed by atoms with van der Waals surface area (Å²) in [6.07, 6.45) is 1.94. The highest BCUT2D eigenvalue weighted by Gasteiger charge is 2.30.